The Bertz CT molecular complexity index is 421. The average molecular weight is 241 g/mol. The molecule has 92 valence electrons. The molecular weight excluding hydrogens is 229 g/mol. The first-order chi connectivity index (χ1) is 8.18. The largest absolute Gasteiger partial charge is 0.379 e. The zero-order valence-corrected chi connectivity index (χ0v) is 9.06. The first-order valence-electron chi connectivity index (χ1n) is 5.21. The molecule has 0 radical (unpaired) electrons. The van der Waals surface area contributed by atoms with Crippen LogP contribution in [0.1, 0.15) is 0 Å². The van der Waals surface area contributed by atoms with Gasteiger partial charge in [0.15, 0.2) is 0 Å². The number of hydrogen-bond acceptors (Lipinski definition) is 5. The highest BCUT2D eigenvalue weighted by molar-refractivity contribution is 5.61. The van der Waals surface area contributed by atoms with Crippen molar-refractivity contribution in [2.24, 2.45) is 0 Å². The number of nitro groups is 1. The fourth-order valence-corrected chi connectivity index (χ4v) is 1.64. The molecule has 2 rings (SSSR count). The van der Waals surface area contributed by atoms with Crippen LogP contribution >= 0.6 is 0 Å². The minimum absolute atomic E-state index is 0.164. The minimum Gasteiger partial charge on any atom is -0.379 e. The van der Waals surface area contributed by atoms with Gasteiger partial charge in [-0.3, -0.25) is 10.1 Å². The fraction of sp³-hybridized carbons (Fsp3) is 0.400. The van der Waals surface area contributed by atoms with Gasteiger partial charge < -0.3 is 10.2 Å². The summed E-state index contributed by atoms with van der Waals surface area (Å²) in [5, 5.41) is 12.5. The summed E-state index contributed by atoms with van der Waals surface area (Å²) < 4.78 is 18.5. The van der Waals surface area contributed by atoms with Crippen molar-refractivity contribution >= 4 is 11.4 Å². The third-order valence-corrected chi connectivity index (χ3v) is 2.46. The third-order valence-electron chi connectivity index (χ3n) is 2.46. The predicted molar refractivity (Wildman–Crippen MR) is 59.1 cm³/mol. The molecule has 1 aliphatic heterocycles. The van der Waals surface area contributed by atoms with E-state index in [4.69, 9.17) is 4.74 Å². The Morgan fingerprint density at radius 3 is 2.76 bits per heavy atom. The molecule has 1 fully saturated rings. The molecule has 1 heterocycles. The molecule has 17 heavy (non-hydrogen) atoms. The number of anilines is 1. The lowest BCUT2D eigenvalue weighted by molar-refractivity contribution is -0.386. The fourth-order valence-electron chi connectivity index (χ4n) is 1.64. The van der Waals surface area contributed by atoms with E-state index in [1.807, 2.05) is 0 Å². The van der Waals surface area contributed by atoms with Crippen molar-refractivity contribution in [3.8, 4) is 0 Å². The topological polar surface area (TPSA) is 67.6 Å². The first kappa shape index (κ1) is 11.7. The van der Waals surface area contributed by atoms with Gasteiger partial charge in [-0.05, 0) is 12.1 Å². The van der Waals surface area contributed by atoms with E-state index < -0.39 is 16.4 Å². The highest BCUT2D eigenvalue weighted by Crippen LogP contribution is 2.27. The maximum Gasteiger partial charge on any atom is 0.328 e. The molecule has 0 atom stereocenters. The van der Waals surface area contributed by atoms with Crippen molar-refractivity contribution in [1.29, 1.82) is 0 Å². The first-order valence-corrected chi connectivity index (χ1v) is 5.21. The zero-order chi connectivity index (χ0) is 12.3. The Kier molecular flexibility index (Phi) is 3.50. The van der Waals surface area contributed by atoms with Crippen LogP contribution in [0.15, 0.2) is 18.2 Å². The molecule has 1 aliphatic rings. The number of halogens is 1. The number of nitrogens with one attached hydrogen (secondary N) is 1. The van der Waals surface area contributed by atoms with Crippen molar-refractivity contribution < 1.29 is 14.1 Å². The van der Waals surface area contributed by atoms with E-state index in [1.54, 1.807) is 5.01 Å². The molecule has 0 saturated carbocycles. The van der Waals surface area contributed by atoms with E-state index >= 15 is 0 Å². The molecule has 0 amide bonds. The van der Waals surface area contributed by atoms with Crippen molar-refractivity contribution in [3.05, 3.63) is 34.1 Å². The summed E-state index contributed by atoms with van der Waals surface area (Å²) in [4.78, 5) is 10.0. The second kappa shape index (κ2) is 5.07. The number of nitrogens with zero attached hydrogens (tertiary/aromatic N) is 2. The van der Waals surface area contributed by atoms with Crippen molar-refractivity contribution in [2.75, 3.05) is 31.7 Å². The second-order valence-corrected chi connectivity index (χ2v) is 3.60. The summed E-state index contributed by atoms with van der Waals surface area (Å²) in [6, 6.07) is 3.99. The van der Waals surface area contributed by atoms with Crippen LogP contribution in [-0.4, -0.2) is 36.2 Å². The number of ether oxygens (including phenoxy) is 1. The summed E-state index contributed by atoms with van der Waals surface area (Å²) in [7, 11) is 0. The summed E-state index contributed by atoms with van der Waals surface area (Å²) >= 11 is 0. The maximum atomic E-state index is 13.3. The monoisotopic (exact) mass is 241 g/mol. The van der Waals surface area contributed by atoms with E-state index in [9.17, 15) is 14.5 Å². The van der Waals surface area contributed by atoms with Crippen LogP contribution in [0.4, 0.5) is 15.8 Å². The molecule has 0 bridgehead atoms. The summed E-state index contributed by atoms with van der Waals surface area (Å²) in [6.45, 7) is 2.31. The van der Waals surface area contributed by atoms with Gasteiger partial charge in [-0.1, -0.05) is 6.07 Å². The quantitative estimate of drug-likeness (QED) is 0.639. The number of benzene rings is 1. The lowest BCUT2D eigenvalue weighted by atomic mass is 10.2. The zero-order valence-electron chi connectivity index (χ0n) is 9.06. The lowest BCUT2D eigenvalue weighted by Gasteiger charge is -2.27. The van der Waals surface area contributed by atoms with E-state index in [1.165, 1.54) is 12.1 Å². The normalized spacial score (nSPS) is 16.8. The predicted octanol–water partition coefficient (Wildman–Crippen LogP) is 1.39. The Labute approximate surface area is 97.1 Å². The van der Waals surface area contributed by atoms with Crippen LogP contribution in [0.3, 0.4) is 0 Å². The van der Waals surface area contributed by atoms with E-state index in [2.05, 4.69) is 5.43 Å². The van der Waals surface area contributed by atoms with Gasteiger partial charge in [0, 0.05) is 13.1 Å². The standard InChI is InChI=1S/C10H12FN3O3/c11-8-2-1-3-9(10(8)14(15)16)12-13-4-6-17-7-5-13/h1-3,12H,4-7H2. The number of para-hydroxylation sites is 1. The van der Waals surface area contributed by atoms with E-state index in [0.717, 1.165) is 6.07 Å². The highest BCUT2D eigenvalue weighted by atomic mass is 19.1. The number of hydrogen-bond donors (Lipinski definition) is 1. The molecule has 1 saturated heterocycles. The van der Waals surface area contributed by atoms with Gasteiger partial charge in [0.05, 0.1) is 18.1 Å². The van der Waals surface area contributed by atoms with Gasteiger partial charge in [-0.25, -0.2) is 5.01 Å². The second-order valence-electron chi connectivity index (χ2n) is 3.60. The summed E-state index contributed by atoms with van der Waals surface area (Å²) in [5.41, 5.74) is 2.48. The van der Waals surface area contributed by atoms with Gasteiger partial charge >= 0.3 is 5.69 Å². The van der Waals surface area contributed by atoms with Gasteiger partial charge in [0.1, 0.15) is 5.69 Å². The molecule has 0 aromatic heterocycles. The van der Waals surface area contributed by atoms with Crippen LogP contribution in [-0.2, 0) is 4.74 Å². The van der Waals surface area contributed by atoms with Crippen LogP contribution in [0.5, 0.6) is 0 Å². The number of morpholine rings is 1. The smallest absolute Gasteiger partial charge is 0.328 e. The van der Waals surface area contributed by atoms with E-state index in [-0.39, 0.29) is 5.69 Å². The van der Waals surface area contributed by atoms with E-state index in [0.29, 0.717) is 26.3 Å². The van der Waals surface area contributed by atoms with Gasteiger partial charge in [0.25, 0.3) is 0 Å². The molecule has 1 aromatic rings. The minimum atomic E-state index is -0.840. The Balaban J connectivity index is 2.19. The molecule has 0 spiro atoms. The van der Waals surface area contributed by atoms with Crippen molar-refractivity contribution in [2.45, 2.75) is 0 Å². The van der Waals surface area contributed by atoms with Crippen LogP contribution in [0.2, 0.25) is 0 Å². The molecule has 0 unspecified atom stereocenters. The number of rotatable bonds is 3. The van der Waals surface area contributed by atoms with Gasteiger partial charge in [-0.15, -0.1) is 0 Å². The summed E-state index contributed by atoms with van der Waals surface area (Å²) in [5.74, 6) is -0.840. The Hall–Kier alpha value is -1.73. The average Bonchev–Trinajstić information content (AvgIpc) is 2.30. The highest BCUT2D eigenvalue weighted by Gasteiger charge is 2.21. The Morgan fingerprint density at radius 1 is 1.41 bits per heavy atom. The lowest BCUT2D eigenvalue weighted by Crippen LogP contribution is -2.40. The van der Waals surface area contributed by atoms with Crippen molar-refractivity contribution in [1.82, 2.24) is 5.01 Å². The number of nitro benzene ring substituents is 1. The number of hydrazine groups is 1. The molecule has 6 nitrogen and oxygen atoms in total. The summed E-state index contributed by atoms with van der Waals surface area (Å²) in [6.07, 6.45) is 0. The van der Waals surface area contributed by atoms with Gasteiger partial charge in [-0.2, -0.15) is 4.39 Å². The maximum absolute atomic E-state index is 13.3. The van der Waals surface area contributed by atoms with Crippen LogP contribution < -0.4 is 5.43 Å². The third kappa shape index (κ3) is 2.69. The Morgan fingerprint density at radius 2 is 2.12 bits per heavy atom. The molecular formula is C10H12FN3O3. The van der Waals surface area contributed by atoms with Crippen molar-refractivity contribution in [3.63, 3.8) is 0 Å². The van der Waals surface area contributed by atoms with Crippen LogP contribution in [0.25, 0.3) is 0 Å². The van der Waals surface area contributed by atoms with Crippen LogP contribution in [0, 0.1) is 15.9 Å². The molecule has 1 N–H and O–H groups in total. The molecule has 1 aromatic carbocycles. The SMILES string of the molecule is O=[N+]([O-])c1c(F)cccc1NN1CCOCC1. The van der Waals surface area contributed by atoms with Gasteiger partial charge in [0.2, 0.25) is 5.82 Å². The molecule has 0 aliphatic carbocycles. The molecule has 7 heteroatoms.